The minimum atomic E-state index is -1.01. The lowest BCUT2D eigenvalue weighted by Gasteiger charge is -2.36. The topological polar surface area (TPSA) is 35.9 Å². The minimum Gasteiger partial charge on any atom is -0.497 e. The van der Waals surface area contributed by atoms with Crippen molar-refractivity contribution in [3.8, 4) is 5.75 Å². The van der Waals surface area contributed by atoms with Crippen molar-refractivity contribution in [2.75, 3.05) is 20.2 Å². The van der Waals surface area contributed by atoms with E-state index < -0.39 is 5.72 Å². The number of aliphatic hydroxyl groups is 1. The van der Waals surface area contributed by atoms with E-state index in [1.165, 1.54) is 5.56 Å². The quantitative estimate of drug-likeness (QED) is 0.670. The SMILES string of the molecule is Br.COc1ccc(C2(O)CN(Cc3ccc(Br)cc3)C3=CCCCN32)cc1. The summed E-state index contributed by atoms with van der Waals surface area (Å²) in [7, 11) is 1.66. The molecule has 2 aliphatic heterocycles. The molecule has 1 fully saturated rings. The van der Waals surface area contributed by atoms with Gasteiger partial charge in [-0.25, -0.2) is 0 Å². The zero-order valence-electron chi connectivity index (χ0n) is 15.3. The lowest BCUT2D eigenvalue weighted by molar-refractivity contribution is -0.0698. The van der Waals surface area contributed by atoms with E-state index >= 15 is 0 Å². The van der Waals surface area contributed by atoms with Crippen LogP contribution in [0.3, 0.4) is 0 Å². The van der Waals surface area contributed by atoms with Crippen molar-refractivity contribution in [1.29, 1.82) is 0 Å². The molecule has 0 aromatic heterocycles. The van der Waals surface area contributed by atoms with E-state index in [2.05, 4.69) is 56.1 Å². The highest BCUT2D eigenvalue weighted by Crippen LogP contribution is 2.41. The number of halogens is 2. The van der Waals surface area contributed by atoms with E-state index in [0.29, 0.717) is 6.54 Å². The normalized spacial score (nSPS) is 21.4. The summed E-state index contributed by atoms with van der Waals surface area (Å²) in [6.45, 7) is 2.21. The summed E-state index contributed by atoms with van der Waals surface area (Å²) in [5.74, 6) is 1.94. The molecular weight excluding hydrogens is 472 g/mol. The standard InChI is InChI=1S/C21H23BrN2O2.BrH/c1-26-19-11-7-17(8-12-19)21(25)15-23(20-4-2-3-13-24(20)21)14-16-5-9-18(22)10-6-16;/h4-12,25H,2-3,13-15H2,1H3;1H. The third-order valence-electron chi connectivity index (χ3n) is 5.21. The van der Waals surface area contributed by atoms with Crippen LogP contribution in [0.1, 0.15) is 24.0 Å². The monoisotopic (exact) mass is 494 g/mol. The first-order valence-electron chi connectivity index (χ1n) is 8.94. The number of methoxy groups -OCH3 is 1. The summed E-state index contributed by atoms with van der Waals surface area (Å²) in [5.41, 5.74) is 1.14. The second-order valence-corrected chi connectivity index (χ2v) is 7.80. The number of rotatable bonds is 4. The van der Waals surface area contributed by atoms with Gasteiger partial charge in [-0.05, 0) is 48.7 Å². The summed E-state index contributed by atoms with van der Waals surface area (Å²) in [5, 5.41) is 11.6. The number of hydrogen-bond acceptors (Lipinski definition) is 4. The number of β-amino-alcohol motifs (C(OH)–C–C–N with tert-alkyl or cyclic N) is 1. The van der Waals surface area contributed by atoms with Crippen LogP contribution in [0.2, 0.25) is 0 Å². The largest absolute Gasteiger partial charge is 0.497 e. The molecule has 0 spiro atoms. The molecule has 1 saturated heterocycles. The highest BCUT2D eigenvalue weighted by atomic mass is 79.9. The summed E-state index contributed by atoms with van der Waals surface area (Å²) < 4.78 is 6.34. The molecule has 0 aliphatic carbocycles. The van der Waals surface area contributed by atoms with Gasteiger partial charge in [0.1, 0.15) is 11.6 Å². The molecule has 27 heavy (non-hydrogen) atoms. The van der Waals surface area contributed by atoms with Gasteiger partial charge in [-0.15, -0.1) is 17.0 Å². The Morgan fingerprint density at radius 2 is 1.81 bits per heavy atom. The lowest BCUT2D eigenvalue weighted by Crippen LogP contribution is -2.43. The Hall–Kier alpha value is -1.50. The lowest BCUT2D eigenvalue weighted by atomic mass is 10.0. The summed E-state index contributed by atoms with van der Waals surface area (Å²) >= 11 is 3.49. The molecule has 2 heterocycles. The maximum Gasteiger partial charge on any atom is 0.183 e. The second kappa shape index (κ2) is 8.25. The first-order valence-corrected chi connectivity index (χ1v) is 9.73. The van der Waals surface area contributed by atoms with Crippen molar-refractivity contribution in [2.45, 2.75) is 25.1 Å². The Labute approximate surface area is 179 Å². The van der Waals surface area contributed by atoms with Crippen LogP contribution < -0.4 is 4.74 Å². The van der Waals surface area contributed by atoms with Gasteiger partial charge in [0.25, 0.3) is 0 Å². The molecule has 144 valence electrons. The smallest absolute Gasteiger partial charge is 0.183 e. The maximum atomic E-state index is 11.6. The number of benzene rings is 2. The highest BCUT2D eigenvalue weighted by molar-refractivity contribution is 9.10. The Morgan fingerprint density at radius 3 is 2.48 bits per heavy atom. The van der Waals surface area contributed by atoms with Gasteiger partial charge >= 0.3 is 0 Å². The van der Waals surface area contributed by atoms with Gasteiger partial charge in [-0.3, -0.25) is 0 Å². The predicted molar refractivity (Wildman–Crippen MR) is 116 cm³/mol. The van der Waals surface area contributed by atoms with Crippen LogP contribution >= 0.6 is 32.9 Å². The predicted octanol–water partition coefficient (Wildman–Crippen LogP) is 4.63. The fourth-order valence-electron chi connectivity index (χ4n) is 3.86. The van der Waals surface area contributed by atoms with Crippen LogP contribution in [0.25, 0.3) is 0 Å². The molecular formula is C21H24Br2N2O2. The molecule has 6 heteroatoms. The van der Waals surface area contributed by atoms with Crippen LogP contribution in [0, 0.1) is 0 Å². The van der Waals surface area contributed by atoms with Crippen LogP contribution in [-0.4, -0.2) is 35.1 Å². The fourth-order valence-corrected chi connectivity index (χ4v) is 4.13. The van der Waals surface area contributed by atoms with Gasteiger partial charge in [0.15, 0.2) is 5.72 Å². The molecule has 0 saturated carbocycles. The van der Waals surface area contributed by atoms with E-state index in [0.717, 1.165) is 47.5 Å². The van der Waals surface area contributed by atoms with Crippen molar-refractivity contribution >= 4 is 32.9 Å². The molecule has 0 bridgehead atoms. The van der Waals surface area contributed by atoms with Gasteiger partial charge in [0.2, 0.25) is 0 Å². The third kappa shape index (κ3) is 3.89. The maximum absolute atomic E-state index is 11.6. The zero-order chi connectivity index (χ0) is 18.1. The van der Waals surface area contributed by atoms with Gasteiger partial charge in [-0.1, -0.05) is 40.2 Å². The van der Waals surface area contributed by atoms with Crippen molar-refractivity contribution in [3.05, 3.63) is 76.0 Å². The molecule has 1 N–H and O–H groups in total. The van der Waals surface area contributed by atoms with Crippen LogP contribution in [-0.2, 0) is 12.3 Å². The molecule has 2 aromatic rings. The average molecular weight is 496 g/mol. The molecule has 1 unspecified atom stereocenters. The fraction of sp³-hybridized carbons (Fsp3) is 0.333. The van der Waals surface area contributed by atoms with Crippen molar-refractivity contribution in [2.24, 2.45) is 0 Å². The van der Waals surface area contributed by atoms with Crippen molar-refractivity contribution in [3.63, 3.8) is 0 Å². The minimum absolute atomic E-state index is 0. The summed E-state index contributed by atoms with van der Waals surface area (Å²) in [6, 6.07) is 16.1. The van der Waals surface area contributed by atoms with Crippen LogP contribution in [0.15, 0.2) is 64.9 Å². The number of allylic oxidation sites excluding steroid dienone is 1. The van der Waals surface area contributed by atoms with E-state index in [1.807, 2.05) is 24.3 Å². The van der Waals surface area contributed by atoms with E-state index in [4.69, 9.17) is 4.74 Å². The van der Waals surface area contributed by atoms with E-state index in [9.17, 15) is 5.11 Å². The van der Waals surface area contributed by atoms with Crippen LogP contribution in [0.5, 0.6) is 5.75 Å². The first-order chi connectivity index (χ1) is 12.6. The van der Waals surface area contributed by atoms with E-state index in [1.54, 1.807) is 7.11 Å². The van der Waals surface area contributed by atoms with E-state index in [-0.39, 0.29) is 17.0 Å². The molecule has 0 amide bonds. The Morgan fingerprint density at radius 1 is 1.11 bits per heavy atom. The third-order valence-corrected chi connectivity index (χ3v) is 5.74. The zero-order valence-corrected chi connectivity index (χ0v) is 18.6. The van der Waals surface area contributed by atoms with Gasteiger partial charge in [-0.2, -0.15) is 0 Å². The molecule has 1 atom stereocenters. The Kier molecular flexibility index (Phi) is 6.18. The number of fused-ring (bicyclic) bond motifs is 1. The number of ether oxygens (including phenoxy) is 1. The number of hydrogen-bond donors (Lipinski definition) is 1. The van der Waals surface area contributed by atoms with Crippen LogP contribution in [0.4, 0.5) is 0 Å². The molecule has 2 aliphatic rings. The van der Waals surface area contributed by atoms with Crippen molar-refractivity contribution in [1.82, 2.24) is 9.80 Å². The van der Waals surface area contributed by atoms with Gasteiger partial charge < -0.3 is 19.6 Å². The average Bonchev–Trinajstić information content (AvgIpc) is 2.97. The van der Waals surface area contributed by atoms with Gasteiger partial charge in [0.05, 0.1) is 13.7 Å². The highest BCUT2D eigenvalue weighted by Gasteiger charge is 2.47. The molecule has 2 aromatic carbocycles. The summed E-state index contributed by atoms with van der Waals surface area (Å²) in [6.07, 6.45) is 4.37. The van der Waals surface area contributed by atoms with Crippen molar-refractivity contribution < 1.29 is 9.84 Å². The first kappa shape index (κ1) is 20.2. The molecule has 0 radical (unpaired) electrons. The second-order valence-electron chi connectivity index (χ2n) is 6.88. The molecule has 4 rings (SSSR count). The Bertz CT molecular complexity index is 808. The number of nitrogens with zero attached hydrogens (tertiary/aromatic N) is 2. The summed E-state index contributed by atoms with van der Waals surface area (Å²) in [4.78, 5) is 4.43. The van der Waals surface area contributed by atoms with Gasteiger partial charge in [0, 0.05) is 23.1 Å². The Balaban J connectivity index is 0.00000210. The molecule has 4 nitrogen and oxygen atoms in total.